The van der Waals surface area contributed by atoms with Crippen molar-refractivity contribution < 1.29 is 4.74 Å². The third-order valence-corrected chi connectivity index (χ3v) is 5.59. The second kappa shape index (κ2) is 6.77. The highest BCUT2D eigenvalue weighted by Crippen LogP contribution is 2.27. The largest absolute Gasteiger partial charge is 0.379 e. The molecule has 0 aliphatic carbocycles. The number of rotatable bonds is 4. The number of nitrogens with one attached hydrogen (secondary N) is 1. The zero-order valence-corrected chi connectivity index (χ0v) is 14.3. The molecule has 1 aliphatic heterocycles. The first kappa shape index (κ1) is 14.8. The average molecular weight is 368 g/mol. The first-order valence-electron chi connectivity index (χ1n) is 7.00. The van der Waals surface area contributed by atoms with Crippen LogP contribution in [0.25, 0.3) is 0 Å². The molecule has 0 radical (unpaired) electrons. The molecule has 0 atom stereocenters. The number of hydrogen-bond acceptors (Lipinski definition) is 5. The fraction of sp³-hybridized carbons (Fsp3) is 0.400. The molecule has 1 saturated heterocycles. The van der Waals surface area contributed by atoms with E-state index in [1.807, 2.05) is 17.5 Å². The highest BCUT2D eigenvalue weighted by atomic mass is 79.9. The maximum absolute atomic E-state index is 5.36. The number of aryl methyl sites for hydroxylation is 1. The molecule has 112 valence electrons. The van der Waals surface area contributed by atoms with E-state index in [1.165, 1.54) is 14.2 Å². The minimum atomic E-state index is 0.786. The topological polar surface area (TPSA) is 37.4 Å². The molecule has 3 rings (SSSR count). The van der Waals surface area contributed by atoms with E-state index < -0.39 is 0 Å². The van der Waals surface area contributed by atoms with Crippen LogP contribution in [-0.2, 0) is 11.3 Å². The predicted octanol–water partition coefficient (Wildman–Crippen LogP) is 3.66. The van der Waals surface area contributed by atoms with Crippen LogP contribution in [0.15, 0.2) is 28.9 Å². The summed E-state index contributed by atoms with van der Waals surface area (Å²) in [6, 6.07) is 6.33. The highest BCUT2D eigenvalue weighted by molar-refractivity contribution is 9.10. The van der Waals surface area contributed by atoms with Gasteiger partial charge < -0.3 is 15.0 Å². The summed E-state index contributed by atoms with van der Waals surface area (Å²) in [5, 5.41) is 3.42. The molecule has 6 heteroatoms. The normalized spacial score (nSPS) is 15.2. The lowest BCUT2D eigenvalue weighted by molar-refractivity contribution is 0.122. The average Bonchev–Trinajstić information content (AvgIpc) is 2.85. The van der Waals surface area contributed by atoms with E-state index in [0.29, 0.717) is 0 Å². The molecular weight excluding hydrogens is 350 g/mol. The molecule has 1 aliphatic rings. The van der Waals surface area contributed by atoms with Crippen molar-refractivity contribution in [3.63, 3.8) is 0 Å². The lowest BCUT2D eigenvalue weighted by Gasteiger charge is -2.27. The van der Waals surface area contributed by atoms with Crippen LogP contribution in [0.2, 0.25) is 0 Å². The fourth-order valence-corrected chi connectivity index (χ4v) is 3.81. The Bertz CT molecular complexity index is 574. The maximum Gasteiger partial charge on any atom is 0.128 e. The van der Waals surface area contributed by atoms with E-state index in [4.69, 9.17) is 4.74 Å². The Hall–Kier alpha value is -1.11. The highest BCUT2D eigenvalue weighted by Gasteiger charge is 2.11. The van der Waals surface area contributed by atoms with Crippen LogP contribution in [0.3, 0.4) is 0 Å². The van der Waals surface area contributed by atoms with E-state index in [2.05, 4.69) is 56.3 Å². The van der Waals surface area contributed by atoms with Gasteiger partial charge in [0.25, 0.3) is 0 Å². The molecule has 2 aromatic rings. The van der Waals surface area contributed by atoms with Crippen molar-refractivity contribution in [2.75, 3.05) is 36.5 Å². The Morgan fingerprint density at radius 1 is 1.38 bits per heavy atom. The summed E-state index contributed by atoms with van der Waals surface area (Å²) in [5.41, 5.74) is 1.05. The monoisotopic (exact) mass is 367 g/mol. The minimum absolute atomic E-state index is 0.786. The fourth-order valence-electron chi connectivity index (χ4n) is 2.26. The number of nitrogens with zero attached hydrogens (tertiary/aromatic N) is 2. The lowest BCUT2D eigenvalue weighted by atomic mass is 10.3. The van der Waals surface area contributed by atoms with E-state index >= 15 is 0 Å². The molecule has 0 spiro atoms. The number of aromatic nitrogens is 1. The van der Waals surface area contributed by atoms with Crippen LogP contribution in [0.1, 0.15) is 9.75 Å². The number of ether oxygens (including phenoxy) is 1. The summed E-state index contributed by atoms with van der Waals surface area (Å²) in [4.78, 5) is 9.43. The number of halogens is 1. The molecule has 21 heavy (non-hydrogen) atoms. The third kappa shape index (κ3) is 3.75. The molecule has 1 N–H and O–H groups in total. The van der Waals surface area contributed by atoms with Crippen molar-refractivity contribution >= 4 is 38.8 Å². The molecule has 0 unspecified atom stereocenters. The lowest BCUT2D eigenvalue weighted by Crippen LogP contribution is -2.36. The zero-order chi connectivity index (χ0) is 14.7. The van der Waals surface area contributed by atoms with Gasteiger partial charge in [0.2, 0.25) is 0 Å². The van der Waals surface area contributed by atoms with Gasteiger partial charge in [0.1, 0.15) is 5.82 Å². The smallest absolute Gasteiger partial charge is 0.128 e. The summed E-state index contributed by atoms with van der Waals surface area (Å²) in [6.07, 6.45) is 1.90. The number of pyridine rings is 1. The predicted molar refractivity (Wildman–Crippen MR) is 91.4 cm³/mol. The van der Waals surface area contributed by atoms with Gasteiger partial charge in [0.15, 0.2) is 0 Å². The Morgan fingerprint density at radius 3 is 2.81 bits per heavy atom. The summed E-state index contributed by atoms with van der Waals surface area (Å²) in [5.74, 6) is 1.03. The summed E-state index contributed by atoms with van der Waals surface area (Å²) >= 11 is 5.36. The standard InChI is InChI=1S/C15H18BrN3OS/c1-11-14(16)8-13(21-11)10-17-12-2-3-15(18-9-12)19-4-6-20-7-5-19/h2-3,8-9,17H,4-7,10H2,1H3. The second-order valence-electron chi connectivity index (χ2n) is 4.97. The minimum Gasteiger partial charge on any atom is -0.379 e. The van der Waals surface area contributed by atoms with Crippen LogP contribution in [0.5, 0.6) is 0 Å². The molecular formula is C15H18BrN3OS. The third-order valence-electron chi connectivity index (χ3n) is 3.46. The summed E-state index contributed by atoms with van der Waals surface area (Å²) < 4.78 is 6.54. The van der Waals surface area contributed by atoms with Crippen LogP contribution in [-0.4, -0.2) is 31.3 Å². The van der Waals surface area contributed by atoms with Gasteiger partial charge in [-0.3, -0.25) is 0 Å². The van der Waals surface area contributed by atoms with E-state index in [9.17, 15) is 0 Å². The Balaban J connectivity index is 1.59. The first-order chi connectivity index (χ1) is 10.2. The van der Waals surface area contributed by atoms with E-state index in [1.54, 1.807) is 0 Å². The summed E-state index contributed by atoms with van der Waals surface area (Å²) in [7, 11) is 0. The van der Waals surface area contributed by atoms with Crippen LogP contribution >= 0.6 is 27.3 Å². The van der Waals surface area contributed by atoms with Gasteiger partial charge in [-0.1, -0.05) is 0 Å². The Kier molecular flexibility index (Phi) is 4.77. The zero-order valence-electron chi connectivity index (χ0n) is 11.9. The van der Waals surface area contributed by atoms with Gasteiger partial charge in [-0.25, -0.2) is 4.98 Å². The molecule has 4 nitrogen and oxygen atoms in total. The number of hydrogen-bond donors (Lipinski definition) is 1. The van der Waals surface area contributed by atoms with Crippen molar-refractivity contribution in [1.29, 1.82) is 0 Å². The molecule has 3 heterocycles. The molecule has 0 amide bonds. The van der Waals surface area contributed by atoms with E-state index in [-0.39, 0.29) is 0 Å². The molecule has 0 aromatic carbocycles. The SMILES string of the molecule is Cc1sc(CNc2ccc(N3CCOCC3)nc2)cc1Br. The maximum atomic E-state index is 5.36. The molecule has 0 bridgehead atoms. The van der Waals surface area contributed by atoms with Gasteiger partial charge in [-0.05, 0) is 41.1 Å². The molecule has 1 fully saturated rings. The molecule has 2 aromatic heterocycles. The first-order valence-corrected chi connectivity index (χ1v) is 8.61. The quantitative estimate of drug-likeness (QED) is 0.894. The van der Waals surface area contributed by atoms with Gasteiger partial charge >= 0.3 is 0 Å². The van der Waals surface area contributed by atoms with Crippen molar-refractivity contribution in [3.05, 3.63) is 38.6 Å². The van der Waals surface area contributed by atoms with Crippen LogP contribution in [0, 0.1) is 6.92 Å². The summed E-state index contributed by atoms with van der Waals surface area (Å²) in [6.45, 7) is 6.36. The van der Waals surface area contributed by atoms with Gasteiger partial charge in [0.05, 0.1) is 25.1 Å². The number of thiophene rings is 1. The van der Waals surface area contributed by atoms with E-state index in [0.717, 1.165) is 44.4 Å². The Morgan fingerprint density at radius 2 is 2.19 bits per heavy atom. The molecule has 0 saturated carbocycles. The van der Waals surface area contributed by atoms with Gasteiger partial charge in [-0.2, -0.15) is 0 Å². The van der Waals surface area contributed by atoms with Crippen molar-refractivity contribution in [2.45, 2.75) is 13.5 Å². The number of anilines is 2. The van der Waals surface area contributed by atoms with Crippen molar-refractivity contribution in [3.8, 4) is 0 Å². The number of morpholine rings is 1. The van der Waals surface area contributed by atoms with Gasteiger partial charge in [-0.15, -0.1) is 11.3 Å². The van der Waals surface area contributed by atoms with Crippen LogP contribution < -0.4 is 10.2 Å². The Labute approximate surface area is 137 Å². The van der Waals surface area contributed by atoms with Crippen LogP contribution in [0.4, 0.5) is 11.5 Å². The van der Waals surface area contributed by atoms with Crippen molar-refractivity contribution in [2.24, 2.45) is 0 Å². The van der Waals surface area contributed by atoms with Crippen molar-refractivity contribution in [1.82, 2.24) is 4.98 Å². The second-order valence-corrected chi connectivity index (χ2v) is 7.17. The van der Waals surface area contributed by atoms with Gasteiger partial charge in [0, 0.05) is 33.9 Å².